The second kappa shape index (κ2) is 9.33. The van der Waals surface area contributed by atoms with Crippen LogP contribution >= 0.6 is 11.6 Å². The number of nitrogens with zero attached hydrogens (tertiary/aromatic N) is 4. The third-order valence-corrected chi connectivity index (χ3v) is 6.83. The number of halogens is 1. The first kappa shape index (κ1) is 20.5. The van der Waals surface area contributed by atoms with E-state index < -0.39 is 0 Å². The van der Waals surface area contributed by atoms with Crippen LogP contribution in [0.2, 0.25) is 5.02 Å². The molecule has 7 heteroatoms. The fourth-order valence-electron chi connectivity index (χ4n) is 4.75. The quantitative estimate of drug-likeness (QED) is 0.749. The minimum Gasteiger partial charge on any atom is -0.355 e. The highest BCUT2D eigenvalue weighted by molar-refractivity contribution is 6.33. The number of hydrogen-bond acceptors (Lipinski definition) is 4. The summed E-state index contributed by atoms with van der Waals surface area (Å²) in [5.41, 5.74) is 0.576. The number of amides is 2. The maximum absolute atomic E-state index is 12.7. The van der Waals surface area contributed by atoms with E-state index in [1.807, 2.05) is 9.80 Å². The van der Waals surface area contributed by atoms with Gasteiger partial charge in [0.05, 0.1) is 10.6 Å². The average Bonchev–Trinajstić information content (AvgIpc) is 3.30. The van der Waals surface area contributed by atoms with Crippen LogP contribution in [0, 0.1) is 5.92 Å². The zero-order valence-corrected chi connectivity index (χ0v) is 17.9. The molecule has 158 valence electrons. The van der Waals surface area contributed by atoms with Gasteiger partial charge in [-0.15, -0.1) is 0 Å². The van der Waals surface area contributed by atoms with Crippen LogP contribution in [0.15, 0.2) is 12.3 Å². The topological polar surface area (TPSA) is 56.8 Å². The van der Waals surface area contributed by atoms with Crippen molar-refractivity contribution < 1.29 is 9.59 Å². The van der Waals surface area contributed by atoms with E-state index >= 15 is 0 Å². The molecule has 0 saturated carbocycles. The predicted molar refractivity (Wildman–Crippen MR) is 114 cm³/mol. The smallest absolute Gasteiger partial charge is 0.255 e. The maximum atomic E-state index is 12.7. The average molecular weight is 419 g/mol. The van der Waals surface area contributed by atoms with E-state index in [1.165, 1.54) is 6.42 Å². The van der Waals surface area contributed by atoms with Crippen molar-refractivity contribution in [3.63, 3.8) is 0 Å². The Balaban J connectivity index is 1.32. The lowest BCUT2D eigenvalue weighted by atomic mass is 9.93. The predicted octanol–water partition coefficient (Wildman–Crippen LogP) is 3.59. The molecule has 3 aliphatic rings. The van der Waals surface area contributed by atoms with Gasteiger partial charge in [-0.1, -0.05) is 11.6 Å². The highest BCUT2D eigenvalue weighted by atomic mass is 35.5. The number of carbonyl (C=O) groups is 2. The third-order valence-electron chi connectivity index (χ3n) is 6.55. The van der Waals surface area contributed by atoms with Crippen LogP contribution < -0.4 is 4.90 Å². The molecule has 1 aromatic rings. The van der Waals surface area contributed by atoms with Crippen molar-refractivity contribution in [1.29, 1.82) is 0 Å². The Bertz CT molecular complexity index is 736. The minimum atomic E-state index is 0.0322. The molecular weight excluding hydrogens is 388 g/mol. The highest BCUT2D eigenvalue weighted by Crippen LogP contribution is 2.30. The van der Waals surface area contributed by atoms with Crippen LogP contribution in [0.5, 0.6) is 0 Å². The summed E-state index contributed by atoms with van der Waals surface area (Å²) in [6.45, 7) is 5.21. The van der Waals surface area contributed by atoms with Gasteiger partial charge >= 0.3 is 0 Å². The molecular formula is C22H31ClN4O2. The molecule has 0 unspecified atom stereocenters. The first-order chi connectivity index (χ1) is 14.1. The Labute approximate surface area is 178 Å². The Morgan fingerprint density at radius 3 is 2.21 bits per heavy atom. The van der Waals surface area contributed by atoms with Crippen molar-refractivity contribution >= 4 is 29.2 Å². The first-order valence-corrected chi connectivity index (χ1v) is 11.5. The molecule has 4 rings (SSSR count). The van der Waals surface area contributed by atoms with Crippen LogP contribution in [-0.2, 0) is 4.79 Å². The molecule has 6 nitrogen and oxygen atoms in total. The summed E-state index contributed by atoms with van der Waals surface area (Å²) in [6.07, 6.45) is 9.91. The van der Waals surface area contributed by atoms with Gasteiger partial charge in [-0.3, -0.25) is 9.59 Å². The van der Waals surface area contributed by atoms with Gasteiger partial charge < -0.3 is 14.7 Å². The van der Waals surface area contributed by atoms with Crippen molar-refractivity contribution in [3.05, 3.63) is 22.8 Å². The molecule has 3 aliphatic heterocycles. The maximum Gasteiger partial charge on any atom is 0.255 e. The van der Waals surface area contributed by atoms with Gasteiger partial charge in [0.2, 0.25) is 5.91 Å². The number of likely N-dealkylation sites (tertiary alicyclic amines) is 2. The van der Waals surface area contributed by atoms with E-state index in [2.05, 4.69) is 9.88 Å². The van der Waals surface area contributed by atoms with Crippen LogP contribution in [0.25, 0.3) is 0 Å². The van der Waals surface area contributed by atoms with Crippen molar-refractivity contribution in [2.45, 2.75) is 51.4 Å². The van der Waals surface area contributed by atoms with E-state index in [4.69, 9.17) is 11.6 Å². The zero-order chi connectivity index (χ0) is 20.2. The molecule has 0 radical (unpaired) electrons. The van der Waals surface area contributed by atoms with Gasteiger partial charge in [-0.2, -0.15) is 0 Å². The lowest BCUT2D eigenvalue weighted by molar-refractivity contribution is -0.131. The minimum absolute atomic E-state index is 0.0322. The molecule has 0 aliphatic carbocycles. The molecule has 3 fully saturated rings. The van der Waals surface area contributed by atoms with Crippen molar-refractivity contribution in [3.8, 4) is 0 Å². The van der Waals surface area contributed by atoms with Gasteiger partial charge in [0, 0.05) is 51.9 Å². The summed E-state index contributed by atoms with van der Waals surface area (Å²) < 4.78 is 0. The molecule has 0 N–H and O–H groups in total. The van der Waals surface area contributed by atoms with Gasteiger partial charge in [-0.25, -0.2) is 4.98 Å². The summed E-state index contributed by atoms with van der Waals surface area (Å²) in [5.74, 6) is 1.55. The number of pyridine rings is 1. The molecule has 0 atom stereocenters. The van der Waals surface area contributed by atoms with Gasteiger partial charge in [0.1, 0.15) is 5.82 Å². The van der Waals surface area contributed by atoms with Crippen LogP contribution in [0.3, 0.4) is 0 Å². The van der Waals surface area contributed by atoms with E-state index in [-0.39, 0.29) is 5.91 Å². The highest BCUT2D eigenvalue weighted by Gasteiger charge is 2.27. The number of anilines is 1. The van der Waals surface area contributed by atoms with Crippen molar-refractivity contribution in [2.24, 2.45) is 5.92 Å². The van der Waals surface area contributed by atoms with Crippen LogP contribution in [0.4, 0.5) is 5.82 Å². The Kier molecular flexibility index (Phi) is 6.58. The summed E-state index contributed by atoms with van der Waals surface area (Å²) in [5, 5.41) is 0.541. The molecule has 0 aromatic carbocycles. The Morgan fingerprint density at radius 2 is 1.55 bits per heavy atom. The second-order valence-corrected chi connectivity index (χ2v) is 9.01. The van der Waals surface area contributed by atoms with Crippen molar-refractivity contribution in [2.75, 3.05) is 44.2 Å². The van der Waals surface area contributed by atoms with Gasteiger partial charge in [-0.05, 0) is 56.9 Å². The van der Waals surface area contributed by atoms with Gasteiger partial charge in [0.25, 0.3) is 5.91 Å². The number of rotatable bonds is 4. The fourth-order valence-corrected chi connectivity index (χ4v) is 5.04. The molecule has 29 heavy (non-hydrogen) atoms. The summed E-state index contributed by atoms with van der Waals surface area (Å²) in [7, 11) is 0. The largest absolute Gasteiger partial charge is 0.355 e. The first-order valence-electron chi connectivity index (χ1n) is 11.1. The third kappa shape index (κ3) is 4.85. The summed E-state index contributed by atoms with van der Waals surface area (Å²) >= 11 is 6.52. The fraction of sp³-hybridized carbons (Fsp3) is 0.682. The van der Waals surface area contributed by atoms with Crippen molar-refractivity contribution in [1.82, 2.24) is 14.8 Å². The standard InChI is InChI=1S/C22H31ClN4O2/c23-19-15-18(22(29)27-10-2-1-3-11-27)16-24-21(19)26-12-6-17(7-13-26)14-20(28)25-8-4-5-9-25/h15-17H,1-14H2. The van der Waals surface area contributed by atoms with E-state index in [0.29, 0.717) is 28.8 Å². The molecule has 3 saturated heterocycles. The number of hydrogen-bond donors (Lipinski definition) is 0. The molecule has 1 aromatic heterocycles. The van der Waals surface area contributed by atoms with E-state index in [1.54, 1.807) is 12.3 Å². The lowest BCUT2D eigenvalue weighted by Gasteiger charge is -2.33. The number of piperidine rings is 2. The SMILES string of the molecule is O=C(CC1CCN(c2ncc(C(=O)N3CCCCC3)cc2Cl)CC1)N1CCCC1. The summed E-state index contributed by atoms with van der Waals surface area (Å²) in [6, 6.07) is 1.77. The normalized spacial score (nSPS) is 20.9. The van der Waals surface area contributed by atoms with Gasteiger partial charge in [0.15, 0.2) is 0 Å². The lowest BCUT2D eigenvalue weighted by Crippen LogP contribution is -2.37. The Hall–Kier alpha value is -1.82. The molecule has 2 amide bonds. The van der Waals surface area contributed by atoms with E-state index in [9.17, 15) is 9.59 Å². The number of carbonyl (C=O) groups excluding carboxylic acids is 2. The zero-order valence-electron chi connectivity index (χ0n) is 17.1. The number of aromatic nitrogens is 1. The molecule has 0 spiro atoms. The van der Waals surface area contributed by atoms with Crippen LogP contribution in [-0.4, -0.2) is 65.9 Å². The van der Waals surface area contributed by atoms with E-state index in [0.717, 1.165) is 83.6 Å². The molecule has 4 heterocycles. The van der Waals surface area contributed by atoms with Crippen LogP contribution in [0.1, 0.15) is 61.7 Å². The summed E-state index contributed by atoms with van der Waals surface area (Å²) in [4.78, 5) is 35.7. The second-order valence-electron chi connectivity index (χ2n) is 8.60. The monoisotopic (exact) mass is 418 g/mol. The molecule has 0 bridgehead atoms. The Morgan fingerprint density at radius 1 is 0.931 bits per heavy atom.